The van der Waals surface area contributed by atoms with Gasteiger partial charge in [0.05, 0.1) is 10.2 Å². The maximum atomic E-state index is 13.9. The molecular formula is C17H19F2IN2O12P2. The van der Waals surface area contributed by atoms with Crippen molar-refractivity contribution >= 4 is 38.2 Å². The average molecular weight is 670 g/mol. The van der Waals surface area contributed by atoms with Crippen molar-refractivity contribution in [3.05, 3.63) is 66.0 Å². The molecule has 14 nitrogen and oxygen atoms in total. The molecule has 1 aromatic carbocycles. The number of halogens is 3. The fourth-order valence-electron chi connectivity index (χ4n) is 3.35. The molecule has 5 N–H and O–H groups in total. The number of aliphatic hydroxyl groups is 2. The molecule has 1 saturated heterocycles. The van der Waals surface area contributed by atoms with Crippen molar-refractivity contribution in [2.75, 3.05) is 6.61 Å². The van der Waals surface area contributed by atoms with Gasteiger partial charge >= 0.3 is 21.3 Å². The Kier molecular flexibility index (Phi) is 9.05. The summed E-state index contributed by atoms with van der Waals surface area (Å²) in [5.74, 6) is -1.68. The molecule has 2 heterocycles. The van der Waals surface area contributed by atoms with Crippen LogP contribution in [0.25, 0.3) is 0 Å². The molecule has 0 aliphatic carbocycles. The highest BCUT2D eigenvalue weighted by Gasteiger charge is 2.46. The topological polar surface area (TPSA) is 207 Å². The molecule has 1 fully saturated rings. The number of hydrogen-bond acceptors (Lipinski definition) is 9. The standard InChI is InChI=1S/C17H19F2IN2O12P2/c18-9-2-1-8(10(19)5-9)3-4-21-15(25)11(20)6-22(17(21)26)16-14(24)13(23)12(33-16)7-32-36(30,31)34-35(27,28)29/h1-2,5-6,12-14,16,23-24H,3-4,7H2,(H,30,31)(H2,27,28,29)/t12-,13?,14+,16-/m1/s1. The molecule has 0 bridgehead atoms. The largest absolute Gasteiger partial charge is 0.481 e. The molecule has 200 valence electrons. The van der Waals surface area contributed by atoms with Crippen LogP contribution >= 0.6 is 38.2 Å². The summed E-state index contributed by atoms with van der Waals surface area (Å²) < 4.78 is 64.2. The summed E-state index contributed by atoms with van der Waals surface area (Å²) in [5.41, 5.74) is -1.73. The number of aromatic nitrogens is 2. The van der Waals surface area contributed by atoms with Gasteiger partial charge in [-0.2, -0.15) is 4.31 Å². The number of nitrogens with zero attached hydrogens (tertiary/aromatic N) is 2. The van der Waals surface area contributed by atoms with E-state index < -0.39 is 69.7 Å². The van der Waals surface area contributed by atoms with Crippen molar-refractivity contribution in [3.63, 3.8) is 0 Å². The van der Waals surface area contributed by atoms with Crippen molar-refractivity contribution in [3.8, 4) is 0 Å². The van der Waals surface area contributed by atoms with Gasteiger partial charge in [0.15, 0.2) is 6.23 Å². The van der Waals surface area contributed by atoms with Crippen LogP contribution in [0.1, 0.15) is 11.8 Å². The summed E-state index contributed by atoms with van der Waals surface area (Å²) in [6.45, 7) is -1.32. The van der Waals surface area contributed by atoms with Crippen LogP contribution in [0.2, 0.25) is 0 Å². The highest BCUT2D eigenvalue weighted by atomic mass is 127. The molecule has 3 rings (SSSR count). The van der Waals surface area contributed by atoms with Gasteiger partial charge in [0.25, 0.3) is 5.56 Å². The molecule has 0 amide bonds. The van der Waals surface area contributed by atoms with Gasteiger partial charge in [-0.15, -0.1) is 0 Å². The number of ether oxygens (including phenoxy) is 1. The number of aliphatic hydroxyl groups excluding tert-OH is 2. The van der Waals surface area contributed by atoms with E-state index in [0.29, 0.717) is 10.6 Å². The molecule has 0 radical (unpaired) electrons. The van der Waals surface area contributed by atoms with E-state index in [1.54, 1.807) is 22.6 Å². The Morgan fingerprint density at radius 1 is 1.11 bits per heavy atom. The van der Waals surface area contributed by atoms with Crippen LogP contribution in [-0.2, 0) is 35.7 Å². The number of hydrogen-bond donors (Lipinski definition) is 5. The smallest absolute Gasteiger partial charge is 0.387 e. The summed E-state index contributed by atoms with van der Waals surface area (Å²) in [6.07, 6.45) is -5.94. The number of aryl methyl sites for hydroxylation is 1. The van der Waals surface area contributed by atoms with Crippen LogP contribution in [0.4, 0.5) is 8.78 Å². The van der Waals surface area contributed by atoms with Gasteiger partial charge in [-0.3, -0.25) is 18.5 Å². The monoisotopic (exact) mass is 670 g/mol. The fourth-order valence-corrected chi connectivity index (χ4v) is 5.54. The zero-order valence-corrected chi connectivity index (χ0v) is 21.7. The lowest BCUT2D eigenvalue weighted by atomic mass is 10.1. The molecule has 1 aliphatic heterocycles. The maximum absolute atomic E-state index is 13.9. The van der Waals surface area contributed by atoms with Gasteiger partial charge in [-0.05, 0) is 40.6 Å². The lowest BCUT2D eigenvalue weighted by Gasteiger charge is -2.19. The Morgan fingerprint density at radius 2 is 1.78 bits per heavy atom. The van der Waals surface area contributed by atoms with Gasteiger partial charge in [0, 0.05) is 18.8 Å². The summed E-state index contributed by atoms with van der Waals surface area (Å²) in [7, 11) is -10.7. The number of rotatable bonds is 9. The zero-order valence-electron chi connectivity index (χ0n) is 17.8. The minimum Gasteiger partial charge on any atom is -0.387 e. The zero-order chi connectivity index (χ0) is 27.0. The quantitative estimate of drug-likeness (QED) is 0.176. The molecular weight excluding hydrogens is 651 g/mol. The highest BCUT2D eigenvalue weighted by Crippen LogP contribution is 2.57. The van der Waals surface area contributed by atoms with E-state index >= 15 is 0 Å². The Balaban J connectivity index is 1.82. The molecule has 0 saturated carbocycles. The minimum absolute atomic E-state index is 0.0216. The normalized spacial score (nSPS) is 24.1. The maximum Gasteiger partial charge on any atom is 0.481 e. The molecule has 1 aromatic heterocycles. The van der Waals surface area contributed by atoms with Crippen molar-refractivity contribution < 1.29 is 56.4 Å². The Hall–Kier alpha value is -1.37. The lowest BCUT2D eigenvalue weighted by molar-refractivity contribution is -0.0549. The first-order valence-electron chi connectivity index (χ1n) is 9.81. The number of phosphoric ester groups is 1. The third-order valence-corrected chi connectivity index (χ3v) is 7.89. The average Bonchev–Trinajstić information content (AvgIpc) is 3.03. The van der Waals surface area contributed by atoms with E-state index in [9.17, 15) is 42.6 Å². The molecule has 2 aromatic rings. The van der Waals surface area contributed by atoms with Gasteiger partial charge in [0.2, 0.25) is 0 Å². The molecule has 1 aliphatic rings. The second-order valence-electron chi connectivity index (χ2n) is 7.49. The second-order valence-corrected chi connectivity index (χ2v) is 11.5. The SMILES string of the molecule is O=c1c(I)cn([C@@H]2O[C@H](COP(=O)(O)OP(=O)(O)O)C(O)[C@@H]2O)c(=O)n1CCc1ccc(F)cc1F. The molecule has 36 heavy (non-hydrogen) atoms. The van der Waals surface area contributed by atoms with Gasteiger partial charge in [-0.25, -0.2) is 22.7 Å². The summed E-state index contributed by atoms with van der Waals surface area (Å²) in [6, 6.07) is 2.81. The van der Waals surface area contributed by atoms with E-state index in [4.69, 9.17) is 14.5 Å². The van der Waals surface area contributed by atoms with Gasteiger partial charge in [-0.1, -0.05) is 6.07 Å². The van der Waals surface area contributed by atoms with E-state index in [1.165, 1.54) is 0 Å². The first-order valence-corrected chi connectivity index (χ1v) is 13.9. The number of phosphoric acid groups is 2. The van der Waals surface area contributed by atoms with Crippen molar-refractivity contribution in [2.45, 2.75) is 37.5 Å². The molecule has 0 spiro atoms. The van der Waals surface area contributed by atoms with Crippen LogP contribution in [0, 0.1) is 15.2 Å². The van der Waals surface area contributed by atoms with Crippen molar-refractivity contribution in [1.29, 1.82) is 0 Å². The third kappa shape index (κ3) is 6.93. The van der Waals surface area contributed by atoms with Gasteiger partial charge in [0.1, 0.15) is 29.9 Å². The third-order valence-electron chi connectivity index (χ3n) is 5.00. The van der Waals surface area contributed by atoms with Crippen molar-refractivity contribution in [1.82, 2.24) is 9.13 Å². The predicted octanol–water partition coefficient (Wildman–Crippen LogP) is -0.0190. The Labute approximate surface area is 213 Å². The summed E-state index contributed by atoms with van der Waals surface area (Å²) in [5, 5.41) is 20.6. The molecule has 5 atom stereocenters. The summed E-state index contributed by atoms with van der Waals surface area (Å²) >= 11 is 1.60. The fraction of sp³-hybridized carbons (Fsp3) is 0.412. The predicted molar refractivity (Wildman–Crippen MR) is 123 cm³/mol. The van der Waals surface area contributed by atoms with Crippen LogP contribution < -0.4 is 11.2 Å². The second kappa shape index (κ2) is 11.2. The first-order chi connectivity index (χ1) is 16.6. The van der Waals surface area contributed by atoms with Crippen LogP contribution in [0.15, 0.2) is 34.0 Å². The van der Waals surface area contributed by atoms with Gasteiger partial charge < -0.3 is 29.6 Å². The summed E-state index contributed by atoms with van der Waals surface area (Å²) in [4.78, 5) is 52.1. The lowest BCUT2D eigenvalue weighted by Crippen LogP contribution is -2.44. The number of benzene rings is 1. The highest BCUT2D eigenvalue weighted by molar-refractivity contribution is 14.1. The minimum atomic E-state index is -5.40. The van der Waals surface area contributed by atoms with Crippen LogP contribution in [0.5, 0.6) is 0 Å². The Morgan fingerprint density at radius 3 is 2.39 bits per heavy atom. The van der Waals surface area contributed by atoms with Crippen LogP contribution in [-0.4, -0.2) is 58.9 Å². The first kappa shape index (κ1) is 29.2. The van der Waals surface area contributed by atoms with Crippen molar-refractivity contribution in [2.24, 2.45) is 0 Å². The van der Waals surface area contributed by atoms with E-state index in [1.807, 2.05) is 0 Å². The van der Waals surface area contributed by atoms with E-state index in [2.05, 4.69) is 8.83 Å². The van der Waals surface area contributed by atoms with E-state index in [-0.39, 0.29) is 22.1 Å². The Bertz CT molecular complexity index is 1350. The van der Waals surface area contributed by atoms with Crippen LogP contribution in [0.3, 0.4) is 0 Å². The van der Waals surface area contributed by atoms with E-state index in [0.717, 1.165) is 22.9 Å². The molecule has 2 unspecified atom stereocenters. The molecule has 19 heteroatoms.